The van der Waals surface area contributed by atoms with Gasteiger partial charge in [0.1, 0.15) is 48.8 Å². The number of hydrogen-bond donors (Lipinski definition) is 9. The Kier molecular flexibility index (Phi) is 49.6. The minimum atomic E-state index is -1.78. The summed E-state index contributed by atoms with van der Waals surface area (Å²) in [6, 6.07) is -0.832. The first-order chi connectivity index (χ1) is 41.1. The van der Waals surface area contributed by atoms with Gasteiger partial charge in [0, 0.05) is 6.42 Å². The van der Waals surface area contributed by atoms with Crippen LogP contribution in [0.25, 0.3) is 0 Å². The van der Waals surface area contributed by atoms with Crippen LogP contribution >= 0.6 is 0 Å². The van der Waals surface area contributed by atoms with Gasteiger partial charge >= 0.3 is 0 Å². The summed E-state index contributed by atoms with van der Waals surface area (Å²) in [5.41, 5.74) is 0. The first kappa shape index (κ1) is 77.0. The van der Waals surface area contributed by atoms with Crippen molar-refractivity contribution in [3.05, 3.63) is 97.2 Å². The highest BCUT2D eigenvalue weighted by Gasteiger charge is 2.51. The maximum absolute atomic E-state index is 13.3. The van der Waals surface area contributed by atoms with Crippen LogP contribution in [0.4, 0.5) is 0 Å². The summed E-state index contributed by atoms with van der Waals surface area (Å²) >= 11 is 0. The van der Waals surface area contributed by atoms with E-state index in [0.717, 1.165) is 103 Å². The van der Waals surface area contributed by atoms with E-state index in [1.54, 1.807) is 0 Å². The Morgan fingerprint density at radius 1 is 0.440 bits per heavy atom. The van der Waals surface area contributed by atoms with Gasteiger partial charge in [-0.05, 0) is 77.0 Å². The average Bonchev–Trinajstić information content (AvgIpc) is 3.59. The minimum Gasteiger partial charge on any atom is -0.394 e. The number of hydrogen-bond acceptors (Lipinski definition) is 13. The second-order valence-electron chi connectivity index (χ2n) is 23.2. The van der Waals surface area contributed by atoms with Gasteiger partial charge in [0.05, 0.1) is 32.0 Å². The number of allylic oxidation sites excluding steroid dienone is 16. The van der Waals surface area contributed by atoms with E-state index in [1.807, 2.05) is 0 Å². The molecule has 14 heteroatoms. The maximum atomic E-state index is 13.3. The predicted octanol–water partition coefficient (Wildman–Crippen LogP) is 13.0. The van der Waals surface area contributed by atoms with Crippen LogP contribution in [0.1, 0.15) is 245 Å². The standard InChI is InChI=1S/C70H121NO13/c1-3-5-7-9-11-13-15-16-17-18-19-20-21-22-23-24-25-26-27-28-29-30-31-32-33-34-35-36-37-38-39-40-41-42-44-46-48-50-52-54-62(75)71-58(59(74)53-51-49-47-45-43-14-12-10-8-6-4-2)57-81-69-67(80)65(78)68(61(56-73)83-69)84-70-66(79)64(77)63(76)60(55-72)82-70/h5,7,11,13,16-17,19-20,22-23,25-26,28-29,31-32,58-61,63-70,72-74,76-80H,3-4,6,8-10,12,14-15,18,21,24,27,30,33-57H2,1-2H3,(H,71,75)/b7-5-,13-11-,17-16-,20-19-,23-22-,26-25-,29-28-,32-31-. The van der Waals surface area contributed by atoms with Crippen LogP contribution in [-0.4, -0.2) is 140 Å². The smallest absolute Gasteiger partial charge is 0.220 e. The molecule has 2 aliphatic rings. The molecule has 2 aliphatic heterocycles. The number of carbonyl (C=O) groups excluding carboxylic acids is 1. The third-order valence-electron chi connectivity index (χ3n) is 15.8. The molecule has 0 spiro atoms. The number of rotatable bonds is 53. The molecular weight excluding hydrogens is 1060 g/mol. The molecular formula is C70H121NO13. The lowest BCUT2D eigenvalue weighted by Gasteiger charge is -2.46. The van der Waals surface area contributed by atoms with Gasteiger partial charge in [-0.15, -0.1) is 0 Å². The molecule has 2 heterocycles. The number of aliphatic hydroxyl groups excluding tert-OH is 8. The average molecular weight is 1180 g/mol. The Hall–Kier alpha value is -3.09. The fourth-order valence-corrected chi connectivity index (χ4v) is 10.5. The lowest BCUT2D eigenvalue weighted by Crippen LogP contribution is -2.65. The SMILES string of the molecule is CC/C=C\C/C=C\C/C=C\C/C=C\C/C=C\C/C=C\C/C=C\C/C=C\CCCCCCCCCCCCCCCCC(=O)NC(COC1OC(CO)C(OC2OC(CO)C(O)C(O)C2O)C(O)C1O)C(O)CCCCCCCCCCCCC. The third kappa shape index (κ3) is 38.2. The van der Waals surface area contributed by atoms with Crippen LogP contribution < -0.4 is 5.32 Å². The highest BCUT2D eigenvalue weighted by Crippen LogP contribution is 2.30. The Labute approximate surface area is 509 Å². The van der Waals surface area contributed by atoms with E-state index in [9.17, 15) is 45.6 Å². The van der Waals surface area contributed by atoms with Crippen LogP contribution in [0, 0.1) is 0 Å². The fraction of sp³-hybridized carbons (Fsp3) is 0.757. The molecule has 12 unspecified atom stereocenters. The number of nitrogens with one attached hydrogen (secondary N) is 1. The molecule has 0 aromatic heterocycles. The van der Waals surface area contributed by atoms with Crippen molar-refractivity contribution in [3.63, 3.8) is 0 Å². The number of ether oxygens (including phenoxy) is 4. The summed E-state index contributed by atoms with van der Waals surface area (Å²) in [4.78, 5) is 13.3. The van der Waals surface area contributed by atoms with Crippen LogP contribution in [0.2, 0.25) is 0 Å². The van der Waals surface area contributed by atoms with Crippen molar-refractivity contribution in [1.82, 2.24) is 5.32 Å². The Balaban J connectivity index is 1.57. The van der Waals surface area contributed by atoms with Crippen molar-refractivity contribution < 1.29 is 64.6 Å². The molecule has 2 rings (SSSR count). The molecule has 2 fully saturated rings. The first-order valence-corrected chi connectivity index (χ1v) is 33.5. The van der Waals surface area contributed by atoms with Gasteiger partial charge in [-0.3, -0.25) is 4.79 Å². The summed E-state index contributed by atoms with van der Waals surface area (Å²) in [5.74, 6) is -0.211. The van der Waals surface area contributed by atoms with Gasteiger partial charge in [0.2, 0.25) is 5.91 Å². The van der Waals surface area contributed by atoms with Gasteiger partial charge in [0.25, 0.3) is 0 Å². The molecule has 0 radical (unpaired) electrons. The molecule has 14 nitrogen and oxygen atoms in total. The van der Waals surface area contributed by atoms with E-state index in [4.69, 9.17) is 18.9 Å². The van der Waals surface area contributed by atoms with E-state index < -0.39 is 86.8 Å². The molecule has 484 valence electrons. The van der Waals surface area contributed by atoms with Crippen LogP contribution in [0.5, 0.6) is 0 Å². The van der Waals surface area contributed by atoms with Crippen molar-refractivity contribution in [2.45, 2.75) is 319 Å². The molecule has 0 aliphatic carbocycles. The summed E-state index contributed by atoms with van der Waals surface area (Å²) < 4.78 is 22.8. The molecule has 2 saturated heterocycles. The Bertz CT molecular complexity index is 1780. The summed E-state index contributed by atoms with van der Waals surface area (Å²) in [5, 5.41) is 87.2. The second kappa shape index (κ2) is 54.1. The highest BCUT2D eigenvalue weighted by atomic mass is 16.7. The highest BCUT2D eigenvalue weighted by molar-refractivity contribution is 5.76. The number of carbonyl (C=O) groups is 1. The zero-order valence-corrected chi connectivity index (χ0v) is 52.4. The summed E-state index contributed by atoms with van der Waals surface area (Å²) in [6.45, 7) is 2.73. The van der Waals surface area contributed by atoms with Crippen molar-refractivity contribution >= 4 is 5.91 Å². The molecule has 0 aromatic rings. The number of unbranched alkanes of at least 4 members (excludes halogenated alkanes) is 24. The van der Waals surface area contributed by atoms with Crippen molar-refractivity contribution in [2.75, 3.05) is 19.8 Å². The second-order valence-corrected chi connectivity index (χ2v) is 23.2. The van der Waals surface area contributed by atoms with Crippen LogP contribution in [0.3, 0.4) is 0 Å². The van der Waals surface area contributed by atoms with Crippen molar-refractivity contribution in [2.24, 2.45) is 0 Å². The third-order valence-corrected chi connectivity index (χ3v) is 15.8. The lowest BCUT2D eigenvalue weighted by atomic mass is 9.97. The van der Waals surface area contributed by atoms with Gasteiger partial charge in [-0.25, -0.2) is 0 Å². The molecule has 12 atom stereocenters. The quantitative estimate of drug-likeness (QED) is 0.0204. The van der Waals surface area contributed by atoms with Crippen LogP contribution in [-0.2, 0) is 23.7 Å². The van der Waals surface area contributed by atoms with Crippen LogP contribution in [0.15, 0.2) is 97.2 Å². The Morgan fingerprint density at radius 3 is 1.26 bits per heavy atom. The van der Waals surface area contributed by atoms with Gasteiger partial charge in [-0.2, -0.15) is 0 Å². The minimum absolute atomic E-state index is 0.211. The monoisotopic (exact) mass is 1180 g/mol. The molecule has 1 amide bonds. The molecule has 0 aromatic carbocycles. The predicted molar refractivity (Wildman–Crippen MR) is 341 cm³/mol. The zero-order chi connectivity index (χ0) is 60.9. The van der Waals surface area contributed by atoms with Gasteiger partial charge in [0.15, 0.2) is 12.6 Å². The number of aliphatic hydroxyl groups is 8. The Morgan fingerprint density at radius 2 is 0.821 bits per heavy atom. The number of amides is 1. The lowest BCUT2D eigenvalue weighted by molar-refractivity contribution is -0.359. The topological polar surface area (TPSA) is 228 Å². The van der Waals surface area contributed by atoms with E-state index in [0.29, 0.717) is 12.8 Å². The van der Waals surface area contributed by atoms with Gasteiger partial charge < -0.3 is 65.1 Å². The summed E-state index contributed by atoms with van der Waals surface area (Å²) in [6.07, 6.45) is 58.7. The largest absolute Gasteiger partial charge is 0.394 e. The molecule has 0 saturated carbocycles. The van der Waals surface area contributed by atoms with Crippen molar-refractivity contribution in [1.29, 1.82) is 0 Å². The van der Waals surface area contributed by atoms with E-state index in [-0.39, 0.29) is 12.5 Å². The molecule has 9 N–H and O–H groups in total. The van der Waals surface area contributed by atoms with E-state index >= 15 is 0 Å². The summed E-state index contributed by atoms with van der Waals surface area (Å²) in [7, 11) is 0. The van der Waals surface area contributed by atoms with E-state index in [1.165, 1.54) is 116 Å². The fourth-order valence-electron chi connectivity index (χ4n) is 10.5. The van der Waals surface area contributed by atoms with E-state index in [2.05, 4.69) is 116 Å². The normalized spacial score (nSPS) is 24.3. The molecule has 0 bridgehead atoms. The maximum Gasteiger partial charge on any atom is 0.220 e. The zero-order valence-electron chi connectivity index (χ0n) is 52.4. The van der Waals surface area contributed by atoms with Gasteiger partial charge in [-0.1, -0.05) is 259 Å². The molecule has 84 heavy (non-hydrogen) atoms. The van der Waals surface area contributed by atoms with Crippen molar-refractivity contribution in [3.8, 4) is 0 Å². The first-order valence-electron chi connectivity index (χ1n) is 33.5.